The predicted octanol–water partition coefficient (Wildman–Crippen LogP) is 3.84. The second kappa shape index (κ2) is 8.61. The molecule has 5 rings (SSSR count). The maximum atomic E-state index is 13.8. The molecule has 3 saturated heterocycles. The number of hydrogen-bond acceptors (Lipinski definition) is 5. The summed E-state index contributed by atoms with van der Waals surface area (Å²) in [6, 6.07) is 8.05. The Balaban J connectivity index is 1.28. The summed E-state index contributed by atoms with van der Waals surface area (Å²) >= 11 is 0. The first-order chi connectivity index (χ1) is 16.3. The lowest BCUT2D eigenvalue weighted by molar-refractivity contribution is -0.142. The standard InChI is InChI=1S/C25H27F2N3O4/c1-15(2)33-21-5-3-4-19(28-21)23(31)29-10-8-25(9-11-29)24(32)30-20(6-7-22(30)34-25)16-12-17(26)14-18(27)13-16/h3-5,12-15,20,22H,6-11H2,1-2H3. The smallest absolute Gasteiger partial charge is 0.272 e. The van der Waals surface area contributed by atoms with Crippen molar-refractivity contribution in [1.82, 2.24) is 14.8 Å². The number of ether oxygens (including phenoxy) is 2. The number of piperidine rings is 1. The number of halogens is 2. The number of hydrogen-bond donors (Lipinski definition) is 0. The molecule has 2 amide bonds. The monoisotopic (exact) mass is 471 g/mol. The van der Waals surface area contributed by atoms with E-state index in [-0.39, 0.29) is 17.9 Å². The van der Waals surface area contributed by atoms with Crippen molar-refractivity contribution in [3.05, 3.63) is 59.3 Å². The zero-order chi connectivity index (χ0) is 24.0. The molecule has 4 heterocycles. The lowest BCUT2D eigenvalue weighted by Gasteiger charge is -2.37. The van der Waals surface area contributed by atoms with E-state index >= 15 is 0 Å². The molecule has 2 unspecified atom stereocenters. The second-order valence-corrected chi connectivity index (χ2v) is 9.40. The molecule has 34 heavy (non-hydrogen) atoms. The molecule has 1 aromatic heterocycles. The molecule has 0 N–H and O–H groups in total. The highest BCUT2D eigenvalue weighted by Gasteiger charge is 2.58. The average molecular weight is 472 g/mol. The Morgan fingerprint density at radius 2 is 1.85 bits per heavy atom. The van der Waals surface area contributed by atoms with Gasteiger partial charge in [-0.3, -0.25) is 9.59 Å². The highest BCUT2D eigenvalue weighted by Crippen LogP contribution is 2.47. The average Bonchev–Trinajstić information content (AvgIpc) is 3.31. The molecule has 0 saturated carbocycles. The van der Waals surface area contributed by atoms with E-state index in [1.807, 2.05) is 13.8 Å². The van der Waals surface area contributed by atoms with Gasteiger partial charge in [0.15, 0.2) is 5.60 Å². The van der Waals surface area contributed by atoms with Crippen molar-refractivity contribution >= 4 is 11.8 Å². The van der Waals surface area contributed by atoms with Crippen molar-refractivity contribution in [3.8, 4) is 5.88 Å². The zero-order valence-electron chi connectivity index (χ0n) is 19.2. The van der Waals surface area contributed by atoms with Gasteiger partial charge in [-0.05, 0) is 50.5 Å². The molecule has 3 aliphatic heterocycles. The Labute approximate surface area is 196 Å². The molecule has 2 aromatic rings. The van der Waals surface area contributed by atoms with E-state index in [2.05, 4.69) is 4.98 Å². The molecule has 0 radical (unpaired) electrons. The number of likely N-dealkylation sites (tertiary alicyclic amines) is 1. The number of carbonyl (C=O) groups is 2. The van der Waals surface area contributed by atoms with Crippen LogP contribution in [0.3, 0.4) is 0 Å². The van der Waals surface area contributed by atoms with Crippen molar-refractivity contribution in [2.24, 2.45) is 0 Å². The van der Waals surface area contributed by atoms with Crippen LogP contribution in [0.1, 0.15) is 61.6 Å². The number of amides is 2. The van der Waals surface area contributed by atoms with Crippen molar-refractivity contribution in [2.45, 2.75) is 63.5 Å². The maximum Gasteiger partial charge on any atom is 0.272 e. The molecule has 180 valence electrons. The zero-order valence-corrected chi connectivity index (χ0v) is 19.2. The Hall–Kier alpha value is -3.07. The number of aromatic nitrogens is 1. The Morgan fingerprint density at radius 1 is 1.15 bits per heavy atom. The van der Waals surface area contributed by atoms with E-state index in [4.69, 9.17) is 9.47 Å². The third kappa shape index (κ3) is 4.02. The first-order valence-corrected chi connectivity index (χ1v) is 11.7. The van der Waals surface area contributed by atoms with Gasteiger partial charge in [0, 0.05) is 38.1 Å². The lowest BCUT2D eigenvalue weighted by Crippen LogP contribution is -2.51. The van der Waals surface area contributed by atoms with Crippen LogP contribution in [0.5, 0.6) is 5.88 Å². The Morgan fingerprint density at radius 3 is 2.53 bits per heavy atom. The van der Waals surface area contributed by atoms with Crippen molar-refractivity contribution in [3.63, 3.8) is 0 Å². The molecule has 7 nitrogen and oxygen atoms in total. The van der Waals surface area contributed by atoms with Crippen LogP contribution in [0.25, 0.3) is 0 Å². The van der Waals surface area contributed by atoms with Crippen LogP contribution in [0, 0.1) is 11.6 Å². The molecule has 9 heteroatoms. The fourth-order valence-electron chi connectivity index (χ4n) is 5.21. The highest BCUT2D eigenvalue weighted by atomic mass is 19.1. The third-order valence-electron chi connectivity index (χ3n) is 6.75. The van der Waals surface area contributed by atoms with Crippen molar-refractivity contribution < 1.29 is 27.8 Å². The summed E-state index contributed by atoms with van der Waals surface area (Å²) < 4.78 is 39.4. The molecule has 1 aromatic carbocycles. The molecule has 0 aliphatic carbocycles. The fourth-order valence-corrected chi connectivity index (χ4v) is 5.21. The number of pyridine rings is 1. The topological polar surface area (TPSA) is 72.0 Å². The summed E-state index contributed by atoms with van der Waals surface area (Å²) in [5.74, 6) is -1.32. The summed E-state index contributed by atoms with van der Waals surface area (Å²) in [4.78, 5) is 34.1. The van der Waals surface area contributed by atoms with Gasteiger partial charge in [-0.15, -0.1) is 0 Å². The summed E-state index contributed by atoms with van der Waals surface area (Å²) in [7, 11) is 0. The summed E-state index contributed by atoms with van der Waals surface area (Å²) in [5, 5.41) is 0. The Kier molecular flexibility index (Phi) is 5.75. The van der Waals surface area contributed by atoms with Crippen LogP contribution in [0.15, 0.2) is 36.4 Å². The van der Waals surface area contributed by atoms with E-state index < -0.39 is 29.5 Å². The second-order valence-electron chi connectivity index (χ2n) is 9.40. The van der Waals surface area contributed by atoms with Crippen molar-refractivity contribution in [1.29, 1.82) is 0 Å². The van der Waals surface area contributed by atoms with Gasteiger partial charge < -0.3 is 19.3 Å². The first-order valence-electron chi connectivity index (χ1n) is 11.7. The largest absolute Gasteiger partial charge is 0.475 e. The van der Waals surface area contributed by atoms with Gasteiger partial charge in [0.25, 0.3) is 11.8 Å². The number of rotatable bonds is 4. The van der Waals surface area contributed by atoms with Crippen molar-refractivity contribution in [2.75, 3.05) is 13.1 Å². The summed E-state index contributed by atoms with van der Waals surface area (Å²) in [6.07, 6.45) is 1.43. The van der Waals surface area contributed by atoms with Gasteiger partial charge in [-0.1, -0.05) is 6.07 Å². The van der Waals surface area contributed by atoms with Crippen LogP contribution >= 0.6 is 0 Å². The molecule has 3 aliphatic rings. The minimum Gasteiger partial charge on any atom is -0.475 e. The molecular formula is C25H27F2N3O4. The third-order valence-corrected chi connectivity index (χ3v) is 6.75. The van der Waals surface area contributed by atoms with Crippen LogP contribution in [-0.2, 0) is 9.53 Å². The van der Waals surface area contributed by atoms with E-state index in [1.54, 1.807) is 28.0 Å². The van der Waals surface area contributed by atoms with Crippen LogP contribution in [0.2, 0.25) is 0 Å². The van der Waals surface area contributed by atoms with Crippen LogP contribution in [0.4, 0.5) is 8.78 Å². The summed E-state index contributed by atoms with van der Waals surface area (Å²) in [6.45, 7) is 4.47. The van der Waals surface area contributed by atoms with E-state index in [0.29, 0.717) is 55.9 Å². The minimum atomic E-state index is -1.01. The SMILES string of the molecule is CC(C)Oc1cccc(C(=O)N2CCC3(CC2)OC2CCC(c4cc(F)cc(F)c4)N2C3=O)n1. The van der Waals surface area contributed by atoms with Gasteiger partial charge in [-0.25, -0.2) is 13.8 Å². The molecule has 0 bridgehead atoms. The normalized spacial score (nSPS) is 23.6. The van der Waals surface area contributed by atoms with Crippen LogP contribution < -0.4 is 4.74 Å². The fraction of sp³-hybridized carbons (Fsp3) is 0.480. The Bertz CT molecular complexity index is 1100. The minimum absolute atomic E-state index is 0.0552. The van der Waals surface area contributed by atoms with E-state index in [9.17, 15) is 18.4 Å². The number of benzene rings is 1. The maximum absolute atomic E-state index is 13.8. The number of carbonyl (C=O) groups excluding carboxylic acids is 2. The van der Waals surface area contributed by atoms with E-state index in [0.717, 1.165) is 6.07 Å². The number of nitrogens with zero attached hydrogens (tertiary/aromatic N) is 3. The highest BCUT2D eigenvalue weighted by molar-refractivity contribution is 5.93. The number of fused-ring (bicyclic) bond motifs is 1. The molecule has 3 fully saturated rings. The first kappa shape index (κ1) is 22.7. The van der Waals surface area contributed by atoms with Gasteiger partial charge >= 0.3 is 0 Å². The van der Waals surface area contributed by atoms with E-state index in [1.165, 1.54) is 12.1 Å². The summed E-state index contributed by atoms with van der Waals surface area (Å²) in [5.41, 5.74) is -0.278. The van der Waals surface area contributed by atoms with Gasteiger partial charge in [-0.2, -0.15) is 0 Å². The molecular weight excluding hydrogens is 444 g/mol. The molecule has 2 atom stereocenters. The lowest BCUT2D eigenvalue weighted by atomic mass is 9.89. The van der Waals surface area contributed by atoms with Gasteiger partial charge in [0.1, 0.15) is 23.6 Å². The van der Waals surface area contributed by atoms with Gasteiger partial charge in [0.05, 0.1) is 12.1 Å². The predicted molar refractivity (Wildman–Crippen MR) is 118 cm³/mol. The molecule has 1 spiro atoms. The van der Waals surface area contributed by atoms with Crippen LogP contribution in [-0.4, -0.2) is 57.6 Å². The van der Waals surface area contributed by atoms with Gasteiger partial charge in [0.2, 0.25) is 5.88 Å². The quantitative estimate of drug-likeness (QED) is 0.678.